The lowest BCUT2D eigenvalue weighted by Crippen LogP contribution is -2.23. The first-order chi connectivity index (χ1) is 10.0. The molecule has 2 aromatic rings. The molecule has 0 bridgehead atoms. The van der Waals surface area contributed by atoms with Crippen LogP contribution in [-0.2, 0) is 11.3 Å². The third-order valence-electron chi connectivity index (χ3n) is 3.05. The quantitative estimate of drug-likeness (QED) is 0.887. The van der Waals surface area contributed by atoms with E-state index in [9.17, 15) is 13.6 Å². The molecule has 2 rings (SSSR count). The van der Waals surface area contributed by atoms with Crippen molar-refractivity contribution in [2.75, 3.05) is 12.4 Å². The maximum Gasteiger partial charge on any atom is 0.241 e. The van der Waals surface area contributed by atoms with Gasteiger partial charge in [-0.2, -0.15) is 5.10 Å². The van der Waals surface area contributed by atoms with Crippen LogP contribution < -0.4 is 10.6 Å². The third kappa shape index (κ3) is 3.56. The van der Waals surface area contributed by atoms with E-state index in [1.807, 2.05) is 0 Å². The van der Waals surface area contributed by atoms with Crippen molar-refractivity contribution in [3.63, 3.8) is 0 Å². The highest BCUT2D eigenvalue weighted by molar-refractivity contribution is 5.75. The minimum atomic E-state index is -0.878. The second-order valence-corrected chi connectivity index (χ2v) is 4.61. The fourth-order valence-electron chi connectivity index (χ4n) is 1.93. The number of hydrogen-bond donors (Lipinski definition) is 2. The Balaban J connectivity index is 2.07. The number of nitrogens with one attached hydrogen (secondary N) is 2. The van der Waals surface area contributed by atoms with Crippen LogP contribution in [0.4, 0.5) is 14.5 Å². The van der Waals surface area contributed by atoms with Gasteiger partial charge in [0, 0.05) is 18.8 Å². The average Bonchev–Trinajstić information content (AvgIpc) is 2.88. The predicted molar refractivity (Wildman–Crippen MR) is 74.7 cm³/mol. The first kappa shape index (κ1) is 15.0. The molecule has 0 aliphatic heterocycles. The number of anilines is 1. The third-order valence-corrected chi connectivity index (χ3v) is 3.05. The Morgan fingerprint density at radius 2 is 2.19 bits per heavy atom. The van der Waals surface area contributed by atoms with Crippen LogP contribution in [0, 0.1) is 11.6 Å². The van der Waals surface area contributed by atoms with Crippen molar-refractivity contribution in [2.24, 2.45) is 0 Å². The van der Waals surface area contributed by atoms with Crippen molar-refractivity contribution in [3.8, 4) is 0 Å². The molecular formula is C14H16F2N4O. The van der Waals surface area contributed by atoms with Crippen LogP contribution in [0.3, 0.4) is 0 Å². The van der Waals surface area contributed by atoms with Crippen LogP contribution >= 0.6 is 0 Å². The van der Waals surface area contributed by atoms with E-state index in [2.05, 4.69) is 15.7 Å². The number of amides is 1. The molecule has 2 N–H and O–H groups in total. The summed E-state index contributed by atoms with van der Waals surface area (Å²) in [5.74, 6) is -1.92. The van der Waals surface area contributed by atoms with Gasteiger partial charge in [-0.25, -0.2) is 8.78 Å². The smallest absolute Gasteiger partial charge is 0.241 e. The summed E-state index contributed by atoms with van der Waals surface area (Å²) in [7, 11) is 1.54. The van der Waals surface area contributed by atoms with Crippen molar-refractivity contribution in [3.05, 3.63) is 47.8 Å². The molecule has 1 aromatic carbocycles. The molecular weight excluding hydrogens is 278 g/mol. The summed E-state index contributed by atoms with van der Waals surface area (Å²) in [6.45, 7) is 1.81. The molecule has 7 heteroatoms. The second kappa shape index (κ2) is 6.34. The van der Waals surface area contributed by atoms with Crippen LogP contribution in [0.5, 0.6) is 0 Å². The maximum atomic E-state index is 13.7. The number of carbonyl (C=O) groups is 1. The number of hydrogen-bond acceptors (Lipinski definition) is 3. The number of rotatable bonds is 5. The fraction of sp³-hybridized carbons (Fsp3) is 0.286. The van der Waals surface area contributed by atoms with E-state index in [1.54, 1.807) is 20.2 Å². The fourth-order valence-corrected chi connectivity index (χ4v) is 1.93. The number of halogens is 2. The van der Waals surface area contributed by atoms with E-state index < -0.39 is 17.7 Å². The number of nitrogens with zero attached hydrogens (tertiary/aromatic N) is 2. The van der Waals surface area contributed by atoms with Crippen molar-refractivity contribution < 1.29 is 13.6 Å². The molecule has 1 aromatic heterocycles. The van der Waals surface area contributed by atoms with Gasteiger partial charge in [0.05, 0.1) is 17.9 Å². The van der Waals surface area contributed by atoms with E-state index in [-0.39, 0.29) is 18.0 Å². The van der Waals surface area contributed by atoms with Gasteiger partial charge in [0.1, 0.15) is 6.54 Å². The first-order valence-electron chi connectivity index (χ1n) is 6.44. The van der Waals surface area contributed by atoms with Gasteiger partial charge in [-0.3, -0.25) is 9.48 Å². The van der Waals surface area contributed by atoms with Gasteiger partial charge in [-0.05, 0) is 13.0 Å². The van der Waals surface area contributed by atoms with E-state index in [4.69, 9.17) is 0 Å². The van der Waals surface area contributed by atoms with Gasteiger partial charge >= 0.3 is 0 Å². The largest absolute Gasteiger partial charge is 0.376 e. The molecule has 0 radical (unpaired) electrons. The summed E-state index contributed by atoms with van der Waals surface area (Å²) in [5.41, 5.74) is 0.851. The summed E-state index contributed by atoms with van der Waals surface area (Å²) in [4.78, 5) is 11.2. The summed E-state index contributed by atoms with van der Waals surface area (Å²) < 4.78 is 28.3. The standard InChI is InChI=1S/C14H16F2N4O/c1-9(11-4-3-5-12(15)14(11)16)19-10-6-18-20(7-10)8-13(21)17-2/h3-7,9,19H,8H2,1-2H3,(H,17,21). The van der Waals surface area contributed by atoms with Gasteiger partial charge in [0.2, 0.25) is 5.91 Å². The lowest BCUT2D eigenvalue weighted by molar-refractivity contribution is -0.121. The Labute approximate surface area is 121 Å². The van der Waals surface area contributed by atoms with E-state index in [0.717, 1.165) is 6.07 Å². The van der Waals surface area contributed by atoms with Crippen molar-refractivity contribution >= 4 is 11.6 Å². The molecule has 0 aliphatic rings. The Morgan fingerprint density at radius 3 is 2.90 bits per heavy atom. The highest BCUT2D eigenvalue weighted by atomic mass is 19.2. The Morgan fingerprint density at radius 1 is 1.43 bits per heavy atom. The van der Waals surface area contributed by atoms with Gasteiger partial charge in [0.15, 0.2) is 11.6 Å². The highest BCUT2D eigenvalue weighted by Crippen LogP contribution is 2.22. The molecule has 1 amide bonds. The summed E-state index contributed by atoms with van der Waals surface area (Å²) in [6, 6.07) is 3.62. The molecule has 1 unspecified atom stereocenters. The second-order valence-electron chi connectivity index (χ2n) is 4.61. The zero-order valence-corrected chi connectivity index (χ0v) is 11.7. The van der Waals surface area contributed by atoms with E-state index in [0.29, 0.717) is 5.69 Å². The summed E-state index contributed by atoms with van der Waals surface area (Å²) in [6.07, 6.45) is 3.15. The molecule has 1 atom stereocenters. The molecule has 0 spiro atoms. The summed E-state index contributed by atoms with van der Waals surface area (Å²) >= 11 is 0. The normalized spacial score (nSPS) is 12.0. The lowest BCUT2D eigenvalue weighted by Gasteiger charge is -2.15. The monoisotopic (exact) mass is 294 g/mol. The van der Waals surface area contributed by atoms with Crippen LogP contribution in [0.15, 0.2) is 30.6 Å². The van der Waals surface area contributed by atoms with Gasteiger partial charge in [-0.15, -0.1) is 0 Å². The topological polar surface area (TPSA) is 59.0 Å². The maximum absolute atomic E-state index is 13.7. The lowest BCUT2D eigenvalue weighted by atomic mass is 10.1. The highest BCUT2D eigenvalue weighted by Gasteiger charge is 2.14. The molecule has 21 heavy (non-hydrogen) atoms. The van der Waals surface area contributed by atoms with Crippen molar-refractivity contribution in [1.29, 1.82) is 0 Å². The van der Waals surface area contributed by atoms with Crippen LogP contribution in [-0.4, -0.2) is 22.7 Å². The first-order valence-corrected chi connectivity index (χ1v) is 6.44. The molecule has 0 saturated carbocycles. The van der Waals surface area contributed by atoms with Gasteiger partial charge in [-0.1, -0.05) is 12.1 Å². The molecule has 0 aliphatic carbocycles. The molecule has 112 valence electrons. The average molecular weight is 294 g/mol. The zero-order chi connectivity index (χ0) is 15.4. The van der Waals surface area contributed by atoms with Crippen LogP contribution in [0.25, 0.3) is 0 Å². The number of likely N-dealkylation sites (N-methyl/N-ethyl adjacent to an activating group) is 1. The predicted octanol–water partition coefficient (Wildman–Crippen LogP) is 2.08. The van der Waals surface area contributed by atoms with Crippen LogP contribution in [0.1, 0.15) is 18.5 Å². The molecule has 1 heterocycles. The van der Waals surface area contributed by atoms with Gasteiger partial charge in [0.25, 0.3) is 0 Å². The number of carbonyl (C=O) groups excluding carboxylic acids is 1. The van der Waals surface area contributed by atoms with E-state index >= 15 is 0 Å². The summed E-state index contributed by atoms with van der Waals surface area (Å²) in [5, 5.41) is 9.52. The molecule has 0 saturated heterocycles. The van der Waals surface area contributed by atoms with Crippen molar-refractivity contribution in [2.45, 2.75) is 19.5 Å². The number of benzene rings is 1. The minimum absolute atomic E-state index is 0.0981. The molecule has 5 nitrogen and oxygen atoms in total. The van der Waals surface area contributed by atoms with E-state index in [1.165, 1.54) is 23.0 Å². The van der Waals surface area contributed by atoms with Gasteiger partial charge < -0.3 is 10.6 Å². The molecule has 0 fully saturated rings. The van der Waals surface area contributed by atoms with Crippen LogP contribution in [0.2, 0.25) is 0 Å². The SMILES string of the molecule is CNC(=O)Cn1cc(NC(C)c2cccc(F)c2F)cn1. The van der Waals surface area contributed by atoms with Crippen molar-refractivity contribution in [1.82, 2.24) is 15.1 Å². The zero-order valence-electron chi connectivity index (χ0n) is 11.7. The Hall–Kier alpha value is -2.44. The number of aromatic nitrogens is 2. The minimum Gasteiger partial charge on any atom is -0.376 e. The Bertz CT molecular complexity index is 642. The Kier molecular flexibility index (Phi) is 4.52.